The second-order valence-corrected chi connectivity index (χ2v) is 4.13. The topological polar surface area (TPSA) is 63.8 Å². The summed E-state index contributed by atoms with van der Waals surface area (Å²) in [5, 5.41) is 3.13. The largest absolute Gasteiger partial charge is 0.330 e. The fourth-order valence-corrected chi connectivity index (χ4v) is 1.50. The van der Waals surface area contributed by atoms with Gasteiger partial charge in [-0.25, -0.2) is 0 Å². The van der Waals surface area contributed by atoms with Gasteiger partial charge in [-0.15, -0.1) is 0 Å². The molecule has 3 N–H and O–H groups in total. The maximum Gasteiger partial charge on any atom is 0.285 e. The average molecular weight is 204 g/mol. The van der Waals surface area contributed by atoms with E-state index in [1.54, 1.807) is 7.05 Å². The molecule has 13 heavy (non-hydrogen) atoms. The Morgan fingerprint density at radius 2 is 2.15 bits per heavy atom. The quantitative estimate of drug-likeness (QED) is 0.740. The van der Waals surface area contributed by atoms with Crippen molar-refractivity contribution in [1.82, 2.24) is 9.78 Å². The summed E-state index contributed by atoms with van der Waals surface area (Å²) in [6.45, 7) is 4.31. The number of aromatic amines is 1. The number of aryl methyl sites for hydroxylation is 1. The summed E-state index contributed by atoms with van der Waals surface area (Å²) in [6.07, 6.45) is 0. The van der Waals surface area contributed by atoms with E-state index in [0.29, 0.717) is 12.2 Å². The second-order valence-electron chi connectivity index (χ2n) is 3.75. The van der Waals surface area contributed by atoms with Crippen LogP contribution in [0.4, 0.5) is 0 Å². The molecule has 0 saturated heterocycles. The summed E-state index contributed by atoms with van der Waals surface area (Å²) in [4.78, 5) is 11.3. The molecule has 0 aliphatic heterocycles. The van der Waals surface area contributed by atoms with Crippen LogP contribution >= 0.6 is 11.6 Å². The SMILES string of the molecule is Cn1[nH]c(C(C)(C)CN)c(Cl)c1=O. The monoisotopic (exact) mass is 203 g/mol. The van der Waals surface area contributed by atoms with Gasteiger partial charge < -0.3 is 5.73 Å². The number of halogens is 1. The van der Waals surface area contributed by atoms with E-state index in [1.165, 1.54) is 4.68 Å². The molecular weight excluding hydrogens is 190 g/mol. The lowest BCUT2D eigenvalue weighted by Crippen LogP contribution is -2.29. The molecule has 1 rings (SSSR count). The van der Waals surface area contributed by atoms with Gasteiger partial charge in [-0.05, 0) is 0 Å². The van der Waals surface area contributed by atoms with E-state index in [-0.39, 0.29) is 16.0 Å². The smallest absolute Gasteiger partial charge is 0.285 e. The van der Waals surface area contributed by atoms with E-state index in [1.807, 2.05) is 13.8 Å². The van der Waals surface area contributed by atoms with Crippen molar-refractivity contribution in [3.8, 4) is 0 Å². The second kappa shape index (κ2) is 3.20. The van der Waals surface area contributed by atoms with Crippen LogP contribution in [0, 0.1) is 0 Å². The van der Waals surface area contributed by atoms with Crippen LogP contribution in [0.15, 0.2) is 4.79 Å². The Kier molecular flexibility index (Phi) is 2.54. The Balaban J connectivity index is 3.32. The van der Waals surface area contributed by atoms with Gasteiger partial charge in [-0.3, -0.25) is 14.6 Å². The maximum absolute atomic E-state index is 11.3. The third kappa shape index (κ3) is 1.64. The summed E-state index contributed by atoms with van der Waals surface area (Å²) in [5.74, 6) is 0. The first kappa shape index (κ1) is 10.3. The van der Waals surface area contributed by atoms with Crippen LogP contribution in [0.3, 0.4) is 0 Å². The van der Waals surface area contributed by atoms with Crippen LogP contribution in [-0.4, -0.2) is 16.3 Å². The fourth-order valence-electron chi connectivity index (χ4n) is 1.07. The van der Waals surface area contributed by atoms with Crippen molar-refractivity contribution < 1.29 is 0 Å². The predicted octanol–water partition coefficient (Wildman–Crippen LogP) is 0.603. The number of aromatic nitrogens is 2. The minimum Gasteiger partial charge on any atom is -0.330 e. The van der Waals surface area contributed by atoms with Crippen LogP contribution in [0.1, 0.15) is 19.5 Å². The molecule has 5 heteroatoms. The van der Waals surface area contributed by atoms with Gasteiger partial charge in [0.25, 0.3) is 5.56 Å². The fraction of sp³-hybridized carbons (Fsp3) is 0.625. The number of H-pyrrole nitrogens is 1. The predicted molar refractivity (Wildman–Crippen MR) is 53.1 cm³/mol. The molecule has 1 aromatic heterocycles. The number of nitrogens with zero attached hydrogens (tertiary/aromatic N) is 1. The van der Waals surface area contributed by atoms with Crippen LogP contribution < -0.4 is 11.3 Å². The highest BCUT2D eigenvalue weighted by atomic mass is 35.5. The Labute approximate surface area is 81.7 Å². The molecule has 0 fully saturated rings. The Morgan fingerprint density at radius 3 is 2.46 bits per heavy atom. The molecular formula is C8H14ClN3O. The Bertz CT molecular complexity index is 364. The van der Waals surface area contributed by atoms with Crippen molar-refractivity contribution in [1.29, 1.82) is 0 Å². The lowest BCUT2D eigenvalue weighted by molar-refractivity contribution is 0.511. The number of hydrogen-bond donors (Lipinski definition) is 2. The average Bonchev–Trinajstić information content (AvgIpc) is 2.33. The van der Waals surface area contributed by atoms with E-state index in [4.69, 9.17) is 17.3 Å². The van der Waals surface area contributed by atoms with Crippen molar-refractivity contribution in [3.63, 3.8) is 0 Å². The van der Waals surface area contributed by atoms with E-state index >= 15 is 0 Å². The molecule has 0 aliphatic carbocycles. The molecule has 4 nitrogen and oxygen atoms in total. The highest BCUT2D eigenvalue weighted by Gasteiger charge is 2.25. The van der Waals surface area contributed by atoms with Gasteiger partial charge in [0.05, 0.1) is 5.69 Å². The molecule has 0 unspecified atom stereocenters. The lowest BCUT2D eigenvalue weighted by Gasteiger charge is -2.20. The standard InChI is InChI=1S/C8H14ClN3O/c1-8(2,4-10)6-5(9)7(13)12(3)11-6/h11H,4,10H2,1-3H3. The van der Waals surface area contributed by atoms with Gasteiger partial charge in [0.2, 0.25) is 0 Å². The highest BCUT2D eigenvalue weighted by molar-refractivity contribution is 6.31. The molecule has 0 atom stereocenters. The number of rotatable bonds is 2. The van der Waals surface area contributed by atoms with Crippen molar-refractivity contribution >= 4 is 11.6 Å². The number of nitrogens with two attached hydrogens (primary N) is 1. The van der Waals surface area contributed by atoms with Gasteiger partial charge in [0.15, 0.2) is 0 Å². The highest BCUT2D eigenvalue weighted by Crippen LogP contribution is 2.24. The first-order valence-corrected chi connectivity index (χ1v) is 4.43. The zero-order valence-electron chi connectivity index (χ0n) is 8.02. The molecule has 0 aromatic carbocycles. The molecule has 0 radical (unpaired) electrons. The van der Waals surface area contributed by atoms with E-state index in [0.717, 1.165) is 0 Å². The normalized spacial score (nSPS) is 12.1. The van der Waals surface area contributed by atoms with Gasteiger partial charge in [0.1, 0.15) is 5.02 Å². The molecule has 0 saturated carbocycles. The Hall–Kier alpha value is -0.740. The molecule has 0 bridgehead atoms. The minimum absolute atomic E-state index is 0.210. The molecule has 0 spiro atoms. The first-order chi connectivity index (χ1) is 5.90. The summed E-state index contributed by atoms with van der Waals surface area (Å²) < 4.78 is 1.36. The van der Waals surface area contributed by atoms with Crippen LogP contribution in [-0.2, 0) is 12.5 Å². The van der Waals surface area contributed by atoms with E-state index in [9.17, 15) is 4.79 Å². The lowest BCUT2D eigenvalue weighted by atomic mass is 9.90. The zero-order valence-corrected chi connectivity index (χ0v) is 8.77. The van der Waals surface area contributed by atoms with Crippen LogP contribution in [0.25, 0.3) is 0 Å². The summed E-state index contributed by atoms with van der Waals surface area (Å²) in [7, 11) is 1.63. The molecule has 1 heterocycles. The third-order valence-corrected chi connectivity index (χ3v) is 2.53. The van der Waals surface area contributed by atoms with E-state index < -0.39 is 0 Å². The molecule has 74 valence electrons. The third-order valence-electron chi connectivity index (χ3n) is 2.18. The zero-order chi connectivity index (χ0) is 10.2. The van der Waals surface area contributed by atoms with Gasteiger partial charge >= 0.3 is 0 Å². The first-order valence-electron chi connectivity index (χ1n) is 4.05. The van der Waals surface area contributed by atoms with Gasteiger partial charge in [-0.1, -0.05) is 25.4 Å². The summed E-state index contributed by atoms with van der Waals surface area (Å²) >= 11 is 5.86. The van der Waals surface area contributed by atoms with Crippen molar-refractivity contribution in [3.05, 3.63) is 21.1 Å². The molecule has 0 amide bonds. The number of hydrogen-bond acceptors (Lipinski definition) is 2. The van der Waals surface area contributed by atoms with E-state index in [2.05, 4.69) is 5.10 Å². The summed E-state index contributed by atoms with van der Waals surface area (Å²) in [6, 6.07) is 0. The number of nitrogens with one attached hydrogen (secondary N) is 1. The van der Waals surface area contributed by atoms with Crippen molar-refractivity contribution in [2.24, 2.45) is 12.8 Å². The maximum atomic E-state index is 11.3. The minimum atomic E-state index is -0.294. The van der Waals surface area contributed by atoms with Crippen molar-refractivity contribution in [2.45, 2.75) is 19.3 Å². The van der Waals surface area contributed by atoms with Gasteiger partial charge in [-0.2, -0.15) is 0 Å². The van der Waals surface area contributed by atoms with Crippen molar-refractivity contribution in [2.75, 3.05) is 6.54 Å². The molecule has 1 aromatic rings. The Morgan fingerprint density at radius 1 is 1.62 bits per heavy atom. The van der Waals surface area contributed by atoms with Gasteiger partial charge in [0, 0.05) is 19.0 Å². The van der Waals surface area contributed by atoms with Crippen LogP contribution in [0.5, 0.6) is 0 Å². The molecule has 0 aliphatic rings. The summed E-state index contributed by atoms with van der Waals surface area (Å²) in [5.41, 5.74) is 5.77. The van der Waals surface area contributed by atoms with Crippen LogP contribution in [0.2, 0.25) is 5.02 Å².